The van der Waals surface area contributed by atoms with Crippen molar-refractivity contribution in [2.75, 3.05) is 14.1 Å². The van der Waals surface area contributed by atoms with E-state index >= 15 is 0 Å². The third kappa shape index (κ3) is 1.42. The highest BCUT2D eigenvalue weighted by atomic mass is 32.1. The maximum Gasteiger partial charge on any atom is 0.259 e. The maximum atomic E-state index is 11.6. The second-order valence-corrected chi connectivity index (χ2v) is 4.57. The Hall–Kier alpha value is -0.360. The van der Waals surface area contributed by atoms with Crippen LogP contribution in [-0.4, -0.2) is 46.0 Å². The second kappa shape index (κ2) is 3.09. The van der Waals surface area contributed by atoms with Gasteiger partial charge in [0.15, 0.2) is 10.2 Å². The molecule has 2 unspecified atom stereocenters. The Balaban J connectivity index is 3.07. The zero-order chi connectivity index (χ0) is 10.4. The minimum Gasteiger partial charge on any atom is -0.322 e. The average Bonchev–Trinajstić information content (AvgIpc) is 2.09. The summed E-state index contributed by atoms with van der Waals surface area (Å²) in [4.78, 5) is 24.7. The van der Waals surface area contributed by atoms with Gasteiger partial charge in [-0.2, -0.15) is 0 Å². The smallest absolute Gasteiger partial charge is 0.259 e. The molecule has 1 fully saturated rings. The maximum absolute atomic E-state index is 11.6. The fourth-order valence-corrected chi connectivity index (χ4v) is 1.68. The summed E-state index contributed by atoms with van der Waals surface area (Å²) in [7, 11) is 3.09. The molecule has 1 heterocycles. The van der Waals surface area contributed by atoms with E-state index in [2.05, 4.69) is 25.3 Å². The molecule has 0 aliphatic carbocycles. The van der Waals surface area contributed by atoms with Crippen LogP contribution in [0.4, 0.5) is 0 Å². The second-order valence-electron chi connectivity index (χ2n) is 3.21. The number of hydrogen-bond donors (Lipinski definition) is 2. The Morgan fingerprint density at radius 1 is 1.38 bits per heavy atom. The van der Waals surface area contributed by atoms with Crippen LogP contribution in [0.15, 0.2) is 0 Å². The lowest BCUT2D eigenvalue weighted by molar-refractivity contribution is -0.155. The molecular formula is C7H12N2O2S2. The van der Waals surface area contributed by atoms with Crippen LogP contribution >= 0.6 is 25.3 Å². The average molecular weight is 220 g/mol. The molecule has 1 aliphatic heterocycles. The Morgan fingerprint density at radius 2 is 1.85 bits per heavy atom. The lowest BCUT2D eigenvalue weighted by Gasteiger charge is -2.44. The quantitative estimate of drug-likeness (QED) is 0.556. The summed E-state index contributed by atoms with van der Waals surface area (Å²) in [5, 5.41) is -0.697. The third-order valence-electron chi connectivity index (χ3n) is 2.30. The van der Waals surface area contributed by atoms with Crippen LogP contribution in [-0.2, 0) is 9.59 Å². The monoisotopic (exact) mass is 220 g/mol. The lowest BCUT2D eigenvalue weighted by atomic mass is 10.2. The number of piperazine rings is 1. The molecule has 0 spiro atoms. The van der Waals surface area contributed by atoms with Gasteiger partial charge in [0.25, 0.3) is 11.8 Å². The Morgan fingerprint density at radius 3 is 2.31 bits per heavy atom. The number of thiol groups is 2. The fraction of sp³-hybridized carbons (Fsp3) is 0.714. The molecule has 0 radical (unpaired) electrons. The van der Waals surface area contributed by atoms with Crippen LogP contribution in [0.1, 0.15) is 6.92 Å². The van der Waals surface area contributed by atoms with Crippen LogP contribution in [0.25, 0.3) is 0 Å². The zero-order valence-electron chi connectivity index (χ0n) is 7.68. The fourth-order valence-electron chi connectivity index (χ4n) is 1.14. The minimum atomic E-state index is -1.06. The Labute approximate surface area is 88.1 Å². The first-order valence-corrected chi connectivity index (χ1v) is 4.72. The standard InChI is InChI=1S/C7H12N2O2S2/c1-7(13)6(11)8(2)5(12)4(10)9(7)3/h5,12-13H,1-3H3. The van der Waals surface area contributed by atoms with E-state index in [-0.39, 0.29) is 11.8 Å². The zero-order valence-corrected chi connectivity index (χ0v) is 9.47. The van der Waals surface area contributed by atoms with Gasteiger partial charge in [-0.25, -0.2) is 0 Å². The summed E-state index contributed by atoms with van der Waals surface area (Å²) in [5.41, 5.74) is 0. The van der Waals surface area contributed by atoms with Gasteiger partial charge in [-0.15, -0.1) is 25.3 Å². The summed E-state index contributed by atoms with van der Waals surface area (Å²) < 4.78 is 0. The summed E-state index contributed by atoms with van der Waals surface area (Å²) in [5.74, 6) is -0.444. The summed E-state index contributed by atoms with van der Waals surface area (Å²) >= 11 is 8.17. The molecule has 0 N–H and O–H groups in total. The molecule has 0 saturated carbocycles. The van der Waals surface area contributed by atoms with Crippen molar-refractivity contribution in [3.63, 3.8) is 0 Å². The molecule has 74 valence electrons. The molecule has 6 heteroatoms. The van der Waals surface area contributed by atoms with Crippen molar-refractivity contribution in [2.24, 2.45) is 0 Å². The van der Waals surface area contributed by atoms with Gasteiger partial charge in [0, 0.05) is 14.1 Å². The first-order chi connectivity index (χ1) is 5.80. The topological polar surface area (TPSA) is 40.6 Å². The van der Waals surface area contributed by atoms with Crippen molar-refractivity contribution in [2.45, 2.75) is 17.2 Å². The van der Waals surface area contributed by atoms with E-state index in [1.54, 1.807) is 21.0 Å². The van der Waals surface area contributed by atoms with Crippen LogP contribution < -0.4 is 0 Å². The number of likely N-dealkylation sites (N-methyl/N-ethyl adjacent to an activating group) is 2. The summed E-state index contributed by atoms with van der Waals surface area (Å²) in [6.07, 6.45) is 0. The molecule has 0 bridgehead atoms. The van der Waals surface area contributed by atoms with E-state index in [1.807, 2.05) is 0 Å². The lowest BCUT2D eigenvalue weighted by Crippen LogP contribution is -2.64. The van der Waals surface area contributed by atoms with Crippen molar-refractivity contribution < 1.29 is 9.59 Å². The number of amides is 2. The molecule has 13 heavy (non-hydrogen) atoms. The summed E-state index contributed by atoms with van der Waals surface area (Å²) in [6.45, 7) is 1.59. The number of nitrogens with zero attached hydrogens (tertiary/aromatic N) is 2. The van der Waals surface area contributed by atoms with Gasteiger partial charge in [-0.1, -0.05) is 0 Å². The molecule has 0 aromatic heterocycles. The van der Waals surface area contributed by atoms with E-state index in [0.29, 0.717) is 0 Å². The van der Waals surface area contributed by atoms with E-state index < -0.39 is 10.2 Å². The van der Waals surface area contributed by atoms with Gasteiger partial charge in [0.05, 0.1) is 0 Å². The number of carbonyl (C=O) groups is 2. The van der Waals surface area contributed by atoms with Crippen molar-refractivity contribution in [3.8, 4) is 0 Å². The van der Waals surface area contributed by atoms with Gasteiger partial charge in [0.2, 0.25) is 0 Å². The molecule has 0 aromatic rings. The first-order valence-electron chi connectivity index (χ1n) is 3.75. The molecule has 0 aromatic carbocycles. The van der Waals surface area contributed by atoms with Crippen LogP contribution in [0.2, 0.25) is 0 Å². The highest BCUT2D eigenvalue weighted by Crippen LogP contribution is 2.28. The molecule has 1 saturated heterocycles. The molecule has 1 aliphatic rings. The van der Waals surface area contributed by atoms with Crippen LogP contribution in [0.3, 0.4) is 0 Å². The SMILES string of the molecule is CN1C(=O)C(C)(S)N(C)C(=O)C1S. The molecule has 2 atom stereocenters. The van der Waals surface area contributed by atoms with Gasteiger partial charge < -0.3 is 9.80 Å². The van der Waals surface area contributed by atoms with Gasteiger partial charge >= 0.3 is 0 Å². The van der Waals surface area contributed by atoms with Crippen molar-refractivity contribution in [3.05, 3.63) is 0 Å². The van der Waals surface area contributed by atoms with E-state index in [9.17, 15) is 9.59 Å². The van der Waals surface area contributed by atoms with Crippen molar-refractivity contribution >= 4 is 37.1 Å². The van der Waals surface area contributed by atoms with Crippen molar-refractivity contribution in [1.82, 2.24) is 9.80 Å². The number of rotatable bonds is 0. The predicted octanol–water partition coefficient (Wildman–Crippen LogP) is -0.181. The summed E-state index contributed by atoms with van der Waals surface area (Å²) in [6, 6.07) is 0. The third-order valence-corrected chi connectivity index (χ3v) is 3.36. The highest BCUT2D eigenvalue weighted by Gasteiger charge is 2.47. The predicted molar refractivity (Wildman–Crippen MR) is 55.7 cm³/mol. The molecular weight excluding hydrogens is 208 g/mol. The highest BCUT2D eigenvalue weighted by molar-refractivity contribution is 7.83. The minimum absolute atomic E-state index is 0.220. The number of hydrogen-bond acceptors (Lipinski definition) is 4. The van der Waals surface area contributed by atoms with Gasteiger partial charge in [-0.05, 0) is 6.92 Å². The van der Waals surface area contributed by atoms with Crippen LogP contribution in [0.5, 0.6) is 0 Å². The number of carbonyl (C=O) groups excluding carboxylic acids is 2. The van der Waals surface area contributed by atoms with Crippen LogP contribution in [0, 0.1) is 0 Å². The van der Waals surface area contributed by atoms with Gasteiger partial charge in [0.1, 0.15) is 0 Å². The Bertz CT molecular complexity index is 267. The largest absolute Gasteiger partial charge is 0.322 e. The van der Waals surface area contributed by atoms with E-state index in [0.717, 1.165) is 0 Å². The Kier molecular flexibility index (Phi) is 2.55. The molecule has 1 rings (SSSR count). The van der Waals surface area contributed by atoms with Crippen molar-refractivity contribution in [1.29, 1.82) is 0 Å². The molecule has 4 nitrogen and oxygen atoms in total. The first kappa shape index (κ1) is 10.7. The van der Waals surface area contributed by atoms with Gasteiger partial charge in [-0.3, -0.25) is 9.59 Å². The molecule has 2 amide bonds. The normalized spacial score (nSPS) is 35.6. The van der Waals surface area contributed by atoms with E-state index in [4.69, 9.17) is 0 Å². The van der Waals surface area contributed by atoms with E-state index in [1.165, 1.54) is 9.80 Å².